The van der Waals surface area contributed by atoms with E-state index in [2.05, 4.69) is 4.98 Å². The van der Waals surface area contributed by atoms with E-state index in [1.807, 2.05) is 6.07 Å². The lowest BCUT2D eigenvalue weighted by Gasteiger charge is -2.26. The number of likely N-dealkylation sites (tertiary alicyclic amines) is 1. The van der Waals surface area contributed by atoms with Gasteiger partial charge in [0.15, 0.2) is 11.5 Å². The Morgan fingerprint density at radius 2 is 1.65 bits per heavy atom. The van der Waals surface area contributed by atoms with Gasteiger partial charge in [0.2, 0.25) is 5.75 Å². The molecule has 2 aromatic carbocycles. The molecule has 0 saturated carbocycles. The molecule has 1 atom stereocenters. The number of rotatable bonds is 7. The number of aliphatic hydroxyl groups excluding tert-OH is 1. The Bertz CT molecular complexity index is 1220. The van der Waals surface area contributed by atoms with Gasteiger partial charge in [0.05, 0.1) is 32.9 Å². The molecule has 174 valence electrons. The Balaban J connectivity index is 1.94. The highest BCUT2D eigenvalue weighted by Gasteiger charge is 2.46. The fourth-order valence-corrected chi connectivity index (χ4v) is 4.09. The van der Waals surface area contributed by atoms with Crippen molar-refractivity contribution in [2.45, 2.75) is 12.6 Å². The van der Waals surface area contributed by atoms with Gasteiger partial charge in [-0.3, -0.25) is 14.6 Å². The van der Waals surface area contributed by atoms with Gasteiger partial charge in [0, 0.05) is 24.5 Å². The van der Waals surface area contributed by atoms with Crippen LogP contribution in [0.5, 0.6) is 17.2 Å². The summed E-state index contributed by atoms with van der Waals surface area (Å²) in [6.45, 7) is 0.116. The zero-order valence-corrected chi connectivity index (χ0v) is 19.0. The average Bonchev–Trinajstić information content (AvgIpc) is 3.13. The third kappa shape index (κ3) is 4.05. The van der Waals surface area contributed by atoms with E-state index in [-0.39, 0.29) is 17.9 Å². The van der Waals surface area contributed by atoms with E-state index in [0.717, 1.165) is 5.56 Å². The quantitative estimate of drug-likeness (QED) is 0.326. The summed E-state index contributed by atoms with van der Waals surface area (Å²) < 4.78 is 16.4. The number of methoxy groups -OCH3 is 3. The largest absolute Gasteiger partial charge is 0.507 e. The standard InChI is InChI=1S/C26H24N2O6/c1-32-19-12-18(13-20(33-2)25(19)34-3)22-21(23(29)17-9-5-4-6-10-17)24(30)26(31)28(22)15-16-8-7-11-27-14-16/h4-14,22,29H,15H2,1-3H3/b23-21+/t22-/m0/s1. The predicted molar refractivity (Wildman–Crippen MR) is 125 cm³/mol. The first-order chi connectivity index (χ1) is 16.5. The first kappa shape index (κ1) is 22.8. The fourth-order valence-electron chi connectivity index (χ4n) is 4.09. The Labute approximate surface area is 197 Å². The maximum absolute atomic E-state index is 13.2. The van der Waals surface area contributed by atoms with Crippen molar-refractivity contribution in [2.24, 2.45) is 0 Å². The third-order valence-electron chi connectivity index (χ3n) is 5.67. The van der Waals surface area contributed by atoms with E-state index < -0.39 is 17.7 Å². The molecule has 4 rings (SSSR count). The summed E-state index contributed by atoms with van der Waals surface area (Å²) in [7, 11) is 4.46. The molecule has 0 bridgehead atoms. The molecule has 1 fully saturated rings. The van der Waals surface area contributed by atoms with Gasteiger partial charge in [0.1, 0.15) is 5.76 Å². The van der Waals surface area contributed by atoms with Crippen molar-refractivity contribution < 1.29 is 28.9 Å². The van der Waals surface area contributed by atoms with Gasteiger partial charge in [-0.05, 0) is 29.3 Å². The molecule has 0 spiro atoms. The number of Topliss-reactive ketones (excluding diaryl/α,β-unsaturated/α-hetero) is 1. The van der Waals surface area contributed by atoms with Crippen LogP contribution in [0.4, 0.5) is 0 Å². The minimum absolute atomic E-state index is 0.0191. The highest BCUT2D eigenvalue weighted by molar-refractivity contribution is 6.46. The number of ketones is 1. The van der Waals surface area contributed by atoms with Crippen molar-refractivity contribution in [3.8, 4) is 17.2 Å². The number of ether oxygens (including phenoxy) is 3. The molecular formula is C26H24N2O6. The highest BCUT2D eigenvalue weighted by atomic mass is 16.5. The second-order valence-electron chi connectivity index (χ2n) is 7.61. The van der Waals surface area contributed by atoms with E-state index >= 15 is 0 Å². The maximum Gasteiger partial charge on any atom is 0.295 e. The van der Waals surface area contributed by atoms with E-state index in [0.29, 0.717) is 28.4 Å². The Morgan fingerprint density at radius 3 is 2.21 bits per heavy atom. The topological polar surface area (TPSA) is 98.2 Å². The molecule has 0 aliphatic carbocycles. The monoisotopic (exact) mass is 460 g/mol. The molecule has 1 saturated heterocycles. The van der Waals surface area contributed by atoms with Gasteiger partial charge in [-0.15, -0.1) is 0 Å². The summed E-state index contributed by atoms with van der Waals surface area (Å²) in [6.07, 6.45) is 3.26. The normalized spacial score (nSPS) is 17.0. The van der Waals surface area contributed by atoms with Gasteiger partial charge in [-0.25, -0.2) is 0 Å². The molecule has 1 aliphatic rings. The SMILES string of the molecule is COc1cc([C@H]2/C(=C(\O)c3ccccc3)C(=O)C(=O)N2Cc2cccnc2)cc(OC)c1OC. The van der Waals surface area contributed by atoms with Crippen LogP contribution >= 0.6 is 0 Å². The third-order valence-corrected chi connectivity index (χ3v) is 5.67. The number of nitrogens with zero attached hydrogens (tertiary/aromatic N) is 2. The molecule has 3 aromatic rings. The lowest BCUT2D eigenvalue weighted by molar-refractivity contribution is -0.140. The number of pyridine rings is 1. The number of aliphatic hydroxyl groups is 1. The zero-order valence-electron chi connectivity index (χ0n) is 19.0. The molecule has 0 unspecified atom stereocenters. The van der Waals surface area contributed by atoms with Crippen LogP contribution in [-0.4, -0.2) is 48.0 Å². The van der Waals surface area contributed by atoms with Crippen LogP contribution in [0.3, 0.4) is 0 Å². The molecular weight excluding hydrogens is 436 g/mol. The molecule has 1 aromatic heterocycles. The van der Waals surface area contributed by atoms with Crippen LogP contribution in [-0.2, 0) is 16.1 Å². The van der Waals surface area contributed by atoms with Crippen LogP contribution in [0, 0.1) is 0 Å². The molecule has 1 aliphatic heterocycles. The van der Waals surface area contributed by atoms with E-state index in [1.54, 1.807) is 60.9 Å². The Morgan fingerprint density at radius 1 is 0.971 bits per heavy atom. The molecule has 34 heavy (non-hydrogen) atoms. The minimum Gasteiger partial charge on any atom is -0.507 e. The van der Waals surface area contributed by atoms with Crippen LogP contribution in [0.15, 0.2) is 72.6 Å². The Hall–Kier alpha value is -4.33. The van der Waals surface area contributed by atoms with Gasteiger partial charge < -0.3 is 24.2 Å². The molecule has 2 heterocycles. The second kappa shape index (κ2) is 9.66. The summed E-state index contributed by atoms with van der Waals surface area (Å²) >= 11 is 0. The molecule has 1 N–H and O–H groups in total. The fraction of sp³-hybridized carbons (Fsp3) is 0.192. The smallest absolute Gasteiger partial charge is 0.295 e. The van der Waals surface area contributed by atoms with Crippen molar-refractivity contribution in [1.82, 2.24) is 9.88 Å². The number of hydrogen-bond acceptors (Lipinski definition) is 7. The van der Waals surface area contributed by atoms with Crippen molar-refractivity contribution in [3.05, 3.63) is 89.3 Å². The van der Waals surface area contributed by atoms with Crippen molar-refractivity contribution in [1.29, 1.82) is 0 Å². The Kier molecular flexibility index (Phi) is 6.49. The summed E-state index contributed by atoms with van der Waals surface area (Å²) in [6, 6.07) is 14.7. The number of hydrogen-bond donors (Lipinski definition) is 1. The first-order valence-corrected chi connectivity index (χ1v) is 10.5. The van der Waals surface area contributed by atoms with Crippen molar-refractivity contribution >= 4 is 17.4 Å². The van der Waals surface area contributed by atoms with Gasteiger partial charge in [-0.1, -0.05) is 36.4 Å². The summed E-state index contributed by atoms with van der Waals surface area (Å²) in [5.74, 6) is -0.649. The highest BCUT2D eigenvalue weighted by Crippen LogP contribution is 2.46. The maximum atomic E-state index is 13.2. The van der Waals surface area contributed by atoms with Gasteiger partial charge in [0.25, 0.3) is 11.7 Å². The van der Waals surface area contributed by atoms with Crippen molar-refractivity contribution in [3.63, 3.8) is 0 Å². The predicted octanol–water partition coefficient (Wildman–Crippen LogP) is 3.73. The zero-order chi connectivity index (χ0) is 24.2. The average molecular weight is 460 g/mol. The van der Waals surface area contributed by atoms with Crippen LogP contribution in [0.1, 0.15) is 22.7 Å². The number of benzene rings is 2. The minimum atomic E-state index is -0.894. The van der Waals surface area contributed by atoms with Gasteiger partial charge in [-0.2, -0.15) is 0 Å². The van der Waals surface area contributed by atoms with Crippen LogP contribution in [0.25, 0.3) is 5.76 Å². The summed E-state index contributed by atoms with van der Waals surface area (Å²) in [5, 5.41) is 11.2. The first-order valence-electron chi connectivity index (χ1n) is 10.5. The number of aromatic nitrogens is 1. The van der Waals surface area contributed by atoms with E-state index in [4.69, 9.17) is 14.2 Å². The molecule has 0 radical (unpaired) electrons. The summed E-state index contributed by atoms with van der Waals surface area (Å²) in [5.41, 5.74) is 1.67. The number of carbonyl (C=O) groups excluding carboxylic acids is 2. The van der Waals surface area contributed by atoms with Crippen LogP contribution in [0.2, 0.25) is 0 Å². The number of amides is 1. The molecule has 1 amide bonds. The lowest BCUT2D eigenvalue weighted by Crippen LogP contribution is -2.29. The van der Waals surface area contributed by atoms with Crippen molar-refractivity contribution in [2.75, 3.05) is 21.3 Å². The lowest BCUT2D eigenvalue weighted by atomic mass is 9.94. The summed E-state index contributed by atoms with van der Waals surface area (Å²) in [4.78, 5) is 31.9. The van der Waals surface area contributed by atoms with E-state index in [9.17, 15) is 14.7 Å². The van der Waals surface area contributed by atoms with E-state index in [1.165, 1.54) is 26.2 Å². The molecule has 8 nitrogen and oxygen atoms in total. The van der Waals surface area contributed by atoms with Gasteiger partial charge >= 0.3 is 0 Å². The molecule has 8 heteroatoms. The second-order valence-corrected chi connectivity index (χ2v) is 7.61. The van der Waals surface area contributed by atoms with Crippen LogP contribution < -0.4 is 14.2 Å². The number of carbonyl (C=O) groups is 2.